The first kappa shape index (κ1) is 22.7. The van der Waals surface area contributed by atoms with Crippen molar-refractivity contribution in [3.8, 4) is 6.07 Å². The van der Waals surface area contributed by atoms with Crippen LogP contribution in [0.3, 0.4) is 0 Å². The molecule has 1 atom stereocenters. The van der Waals surface area contributed by atoms with Crippen molar-refractivity contribution in [3.05, 3.63) is 65.7 Å². The molecule has 2 aromatic carbocycles. The fourth-order valence-electron chi connectivity index (χ4n) is 4.70. The molecule has 2 aliphatic heterocycles. The van der Waals surface area contributed by atoms with Crippen LogP contribution in [-0.4, -0.2) is 60.9 Å². The number of hydrogen-bond acceptors (Lipinski definition) is 5. The molecule has 0 spiro atoms. The third-order valence-electron chi connectivity index (χ3n) is 6.35. The number of anilines is 1. The van der Waals surface area contributed by atoms with E-state index in [4.69, 9.17) is 0 Å². The molecule has 0 aliphatic carbocycles. The molecule has 2 amide bonds. The maximum atomic E-state index is 13.4. The van der Waals surface area contributed by atoms with E-state index in [1.54, 1.807) is 24.1 Å². The number of hydrogen-bond donors (Lipinski definition) is 1. The second-order valence-electron chi connectivity index (χ2n) is 8.68. The summed E-state index contributed by atoms with van der Waals surface area (Å²) in [6.07, 6.45) is 4.24. The van der Waals surface area contributed by atoms with Crippen LogP contribution in [0.4, 0.5) is 10.5 Å². The Bertz CT molecular complexity index is 939. The number of carbonyl (C=O) groups is 1. The topological polar surface area (TPSA) is 62.6 Å². The van der Waals surface area contributed by atoms with Crippen LogP contribution in [0.25, 0.3) is 0 Å². The van der Waals surface area contributed by atoms with Gasteiger partial charge >= 0.3 is 6.03 Å². The Labute approximate surface area is 195 Å². The van der Waals surface area contributed by atoms with Crippen molar-refractivity contribution in [2.45, 2.75) is 25.4 Å². The number of nitriles is 1. The molecule has 32 heavy (non-hydrogen) atoms. The number of amides is 2. The standard InChI is InChI=1S/C25H31N5OS/c1-32-27-23-18-29(25(31)30(19-23)24-9-5-8-22(14-24)15-26)17-21-10-12-28(13-11-21)16-20-6-3-2-4-7-20/h2-9,14,21,23,27H,10-13,16-19H2,1H3. The van der Waals surface area contributed by atoms with Crippen molar-refractivity contribution in [3.63, 3.8) is 0 Å². The zero-order valence-electron chi connectivity index (χ0n) is 18.6. The molecule has 2 heterocycles. The lowest BCUT2D eigenvalue weighted by Gasteiger charge is -2.42. The summed E-state index contributed by atoms with van der Waals surface area (Å²) in [5.41, 5.74) is 2.73. The minimum absolute atomic E-state index is 0.0472. The number of rotatable bonds is 7. The van der Waals surface area contributed by atoms with Crippen LogP contribution in [0.1, 0.15) is 24.0 Å². The molecule has 0 saturated carbocycles. The number of carbonyl (C=O) groups excluding carboxylic acids is 1. The first-order valence-corrected chi connectivity index (χ1v) is 12.5. The van der Waals surface area contributed by atoms with Crippen LogP contribution in [-0.2, 0) is 6.54 Å². The van der Waals surface area contributed by atoms with E-state index in [1.165, 1.54) is 5.56 Å². The number of nitrogens with one attached hydrogen (secondary N) is 1. The van der Waals surface area contributed by atoms with Crippen LogP contribution in [0.2, 0.25) is 0 Å². The second kappa shape index (κ2) is 10.9. The molecule has 2 aromatic rings. The summed E-state index contributed by atoms with van der Waals surface area (Å²) in [7, 11) is 0. The SMILES string of the molecule is CSNC1CN(CC2CCN(Cc3ccccc3)CC2)C(=O)N(c2cccc(C#N)c2)C1. The molecular weight excluding hydrogens is 418 g/mol. The summed E-state index contributed by atoms with van der Waals surface area (Å²) < 4.78 is 3.44. The molecule has 2 fully saturated rings. The number of likely N-dealkylation sites (tertiary alicyclic amines) is 1. The Kier molecular flexibility index (Phi) is 7.69. The lowest BCUT2D eigenvalue weighted by molar-refractivity contribution is 0.135. The molecule has 0 aromatic heterocycles. The minimum Gasteiger partial charge on any atom is -0.322 e. The molecule has 168 valence electrons. The van der Waals surface area contributed by atoms with Gasteiger partial charge in [0.1, 0.15) is 0 Å². The highest BCUT2D eigenvalue weighted by Crippen LogP contribution is 2.25. The molecule has 1 unspecified atom stereocenters. The van der Waals surface area contributed by atoms with E-state index < -0.39 is 0 Å². The third-order valence-corrected chi connectivity index (χ3v) is 6.92. The van der Waals surface area contributed by atoms with Gasteiger partial charge in [-0.2, -0.15) is 5.26 Å². The van der Waals surface area contributed by atoms with Gasteiger partial charge < -0.3 is 4.90 Å². The Morgan fingerprint density at radius 2 is 1.88 bits per heavy atom. The Hall–Kier alpha value is -2.53. The molecule has 2 saturated heterocycles. The fraction of sp³-hybridized carbons (Fsp3) is 0.440. The van der Waals surface area contributed by atoms with Crippen molar-refractivity contribution in [2.75, 3.05) is 43.9 Å². The molecule has 2 aliphatic rings. The van der Waals surface area contributed by atoms with Gasteiger partial charge in [0.25, 0.3) is 0 Å². The Morgan fingerprint density at radius 1 is 1.09 bits per heavy atom. The van der Waals surface area contributed by atoms with E-state index in [0.29, 0.717) is 18.0 Å². The Morgan fingerprint density at radius 3 is 2.59 bits per heavy atom. The van der Waals surface area contributed by atoms with Crippen LogP contribution >= 0.6 is 11.9 Å². The van der Waals surface area contributed by atoms with Gasteiger partial charge in [-0.1, -0.05) is 48.3 Å². The quantitative estimate of drug-likeness (QED) is 0.649. The van der Waals surface area contributed by atoms with Gasteiger partial charge in [-0.3, -0.25) is 14.5 Å². The van der Waals surface area contributed by atoms with Crippen molar-refractivity contribution in [1.82, 2.24) is 14.5 Å². The fourth-order valence-corrected chi connectivity index (χ4v) is 5.19. The van der Waals surface area contributed by atoms with E-state index in [9.17, 15) is 10.1 Å². The molecule has 7 heteroatoms. The maximum absolute atomic E-state index is 13.4. The average Bonchev–Trinajstić information content (AvgIpc) is 2.83. The van der Waals surface area contributed by atoms with E-state index in [0.717, 1.165) is 51.3 Å². The number of urea groups is 1. The highest BCUT2D eigenvalue weighted by molar-refractivity contribution is 7.96. The number of nitrogens with zero attached hydrogens (tertiary/aromatic N) is 4. The summed E-state index contributed by atoms with van der Waals surface area (Å²) in [6, 6.07) is 20.4. The summed E-state index contributed by atoms with van der Waals surface area (Å²) in [5.74, 6) is 0.520. The second-order valence-corrected chi connectivity index (χ2v) is 9.33. The van der Waals surface area contributed by atoms with Gasteiger partial charge in [-0.25, -0.2) is 4.79 Å². The van der Waals surface area contributed by atoms with Crippen molar-refractivity contribution >= 4 is 23.7 Å². The predicted octanol–water partition coefficient (Wildman–Crippen LogP) is 3.95. The first-order chi connectivity index (χ1) is 15.7. The van der Waals surface area contributed by atoms with Gasteiger partial charge in [0.05, 0.1) is 17.7 Å². The third kappa shape index (κ3) is 5.63. The maximum Gasteiger partial charge on any atom is 0.324 e. The van der Waals surface area contributed by atoms with Gasteiger partial charge in [0.2, 0.25) is 0 Å². The van der Waals surface area contributed by atoms with Gasteiger partial charge in [0.15, 0.2) is 0 Å². The molecule has 4 rings (SSSR count). The predicted molar refractivity (Wildman–Crippen MR) is 130 cm³/mol. The van der Waals surface area contributed by atoms with Gasteiger partial charge in [-0.05, 0) is 61.9 Å². The van der Waals surface area contributed by atoms with Gasteiger partial charge in [-0.15, -0.1) is 0 Å². The monoisotopic (exact) mass is 449 g/mol. The highest BCUT2D eigenvalue weighted by Gasteiger charge is 2.34. The van der Waals surface area contributed by atoms with Crippen LogP contribution < -0.4 is 9.62 Å². The summed E-state index contributed by atoms with van der Waals surface area (Å²) in [5, 5.41) is 9.26. The van der Waals surface area contributed by atoms with Crippen molar-refractivity contribution in [2.24, 2.45) is 5.92 Å². The minimum atomic E-state index is 0.0472. The molecule has 0 radical (unpaired) electrons. The summed E-state index contributed by atoms with van der Waals surface area (Å²) in [4.78, 5) is 19.7. The van der Waals surface area contributed by atoms with E-state index in [1.807, 2.05) is 28.2 Å². The Balaban J connectivity index is 1.38. The zero-order valence-corrected chi connectivity index (χ0v) is 19.4. The lowest BCUT2D eigenvalue weighted by atomic mass is 9.95. The smallest absolute Gasteiger partial charge is 0.322 e. The highest BCUT2D eigenvalue weighted by atomic mass is 32.2. The van der Waals surface area contributed by atoms with E-state index in [2.05, 4.69) is 46.0 Å². The summed E-state index contributed by atoms with van der Waals surface area (Å²) in [6.45, 7) is 5.26. The van der Waals surface area contributed by atoms with E-state index >= 15 is 0 Å². The van der Waals surface area contributed by atoms with Crippen LogP contribution in [0.15, 0.2) is 54.6 Å². The van der Waals surface area contributed by atoms with Crippen molar-refractivity contribution in [1.29, 1.82) is 5.26 Å². The lowest BCUT2D eigenvalue weighted by Crippen LogP contribution is -2.60. The van der Waals surface area contributed by atoms with Gasteiger partial charge in [0, 0.05) is 31.9 Å². The van der Waals surface area contributed by atoms with Crippen molar-refractivity contribution < 1.29 is 4.79 Å². The van der Waals surface area contributed by atoms with E-state index in [-0.39, 0.29) is 12.1 Å². The zero-order chi connectivity index (χ0) is 22.3. The molecular formula is C25H31N5OS. The number of benzene rings is 2. The summed E-state index contributed by atoms with van der Waals surface area (Å²) >= 11 is 1.59. The van der Waals surface area contributed by atoms with Crippen LogP contribution in [0.5, 0.6) is 0 Å². The largest absolute Gasteiger partial charge is 0.324 e. The molecule has 0 bridgehead atoms. The molecule has 6 nitrogen and oxygen atoms in total. The first-order valence-electron chi connectivity index (χ1n) is 11.3. The van der Waals surface area contributed by atoms with Crippen LogP contribution in [0, 0.1) is 17.2 Å². The normalized spacial score (nSPS) is 20.4. The average molecular weight is 450 g/mol. The molecule has 1 N–H and O–H groups in total. The number of piperidine rings is 1.